The van der Waals surface area contributed by atoms with E-state index in [1.54, 1.807) is 22.4 Å². The van der Waals surface area contributed by atoms with Crippen LogP contribution in [0.5, 0.6) is 0 Å². The van der Waals surface area contributed by atoms with Gasteiger partial charge in [0.15, 0.2) is 5.78 Å². The monoisotopic (exact) mass is 994 g/mol. The van der Waals surface area contributed by atoms with Gasteiger partial charge >= 0.3 is 0 Å². The van der Waals surface area contributed by atoms with Crippen LogP contribution in [0.25, 0.3) is 11.0 Å². The molecule has 72 heavy (non-hydrogen) atoms. The van der Waals surface area contributed by atoms with Gasteiger partial charge in [0.2, 0.25) is 11.9 Å². The van der Waals surface area contributed by atoms with E-state index in [9.17, 15) is 24.3 Å². The lowest BCUT2D eigenvalue weighted by Crippen LogP contribution is -2.54. The van der Waals surface area contributed by atoms with Gasteiger partial charge in [0.05, 0.1) is 69.3 Å². The van der Waals surface area contributed by atoms with Crippen molar-refractivity contribution in [2.45, 2.75) is 104 Å². The second kappa shape index (κ2) is 26.5. The Morgan fingerprint density at radius 1 is 0.889 bits per heavy atom. The minimum atomic E-state index is -1.46. The number of aryl methyl sites for hydroxylation is 1. The third-order valence-electron chi connectivity index (χ3n) is 13.0. The van der Waals surface area contributed by atoms with Crippen LogP contribution in [0.2, 0.25) is 0 Å². The van der Waals surface area contributed by atoms with E-state index in [1.165, 1.54) is 6.92 Å². The van der Waals surface area contributed by atoms with Gasteiger partial charge in [-0.05, 0) is 68.7 Å². The molecular formula is C51H71N13O8. The maximum Gasteiger partial charge on any atom is 0.263 e. The predicted molar refractivity (Wildman–Crippen MR) is 272 cm³/mol. The van der Waals surface area contributed by atoms with Crippen molar-refractivity contribution >= 4 is 46.1 Å². The summed E-state index contributed by atoms with van der Waals surface area (Å²) in [7, 11) is 0. The lowest BCUT2D eigenvalue weighted by molar-refractivity contribution is -0.135. The lowest BCUT2D eigenvalue weighted by atomic mass is 10.00. The SMILES string of the molecule is CC(=O)c1c(C)c2cnc(Nc3ccc(N4CCN(Cc5cn(CCOCCOCCOCCNC(=O)[C@H](CC(C)C)NC(=O)[C@@H](O)[C@H](N)Cc6ccccc6)nn5)CC4)cn3)nc2n(C2CCCC2)c1=O. The number of nitrogens with one attached hydrogen (secondary N) is 3. The molecule has 0 spiro atoms. The van der Waals surface area contributed by atoms with E-state index in [1.807, 2.05) is 68.7 Å². The Morgan fingerprint density at radius 2 is 1.60 bits per heavy atom. The molecule has 1 saturated carbocycles. The highest BCUT2D eigenvalue weighted by molar-refractivity contribution is 5.99. The molecule has 5 aromatic rings. The topological polar surface area (TPSA) is 259 Å². The highest BCUT2D eigenvalue weighted by atomic mass is 16.5. The van der Waals surface area contributed by atoms with E-state index in [0.717, 1.165) is 68.8 Å². The second-order valence-electron chi connectivity index (χ2n) is 19.0. The number of benzene rings is 1. The summed E-state index contributed by atoms with van der Waals surface area (Å²) >= 11 is 0. The number of aliphatic hydroxyl groups excluding tert-OH is 1. The van der Waals surface area contributed by atoms with Crippen molar-refractivity contribution < 1.29 is 33.7 Å². The zero-order valence-corrected chi connectivity index (χ0v) is 42.0. The molecule has 2 amide bonds. The van der Waals surface area contributed by atoms with Gasteiger partial charge in [0.1, 0.15) is 23.6 Å². The summed E-state index contributed by atoms with van der Waals surface area (Å²) in [6.45, 7) is 14.3. The normalized spacial score (nSPS) is 15.7. The largest absolute Gasteiger partial charge is 0.382 e. The Kier molecular flexibility index (Phi) is 19.7. The molecule has 388 valence electrons. The Balaban J connectivity index is 0.733. The number of piperazine rings is 1. The highest BCUT2D eigenvalue weighted by Gasteiger charge is 2.29. The van der Waals surface area contributed by atoms with E-state index in [0.29, 0.717) is 87.3 Å². The summed E-state index contributed by atoms with van der Waals surface area (Å²) in [5.41, 5.74) is 10.0. The molecular weight excluding hydrogens is 923 g/mol. The van der Waals surface area contributed by atoms with Crippen molar-refractivity contribution in [3.63, 3.8) is 0 Å². The van der Waals surface area contributed by atoms with Crippen molar-refractivity contribution in [1.29, 1.82) is 0 Å². The Morgan fingerprint density at radius 3 is 2.28 bits per heavy atom. The number of nitrogens with two attached hydrogens (primary N) is 1. The van der Waals surface area contributed by atoms with Crippen molar-refractivity contribution in [2.75, 3.05) is 82.6 Å². The molecule has 1 saturated heterocycles. The standard InChI is InChI=1S/C51H71N13O8/c1-34(2)28-43(56-49(68)46(66)42(52)29-37-10-6-5-7-11-37)48(67)53-16-22-70-24-26-72-27-25-71-23-21-63-33-38(59-60-63)32-61-17-19-62(20-18-61)40-14-15-44(54-30-40)57-51-55-31-41-35(3)45(36(4)65)50(69)64(47(41)58-51)39-12-8-9-13-39/h5-7,10-11,14-15,30-31,33-34,39,42-43,46,66H,8-9,12-13,16-29,32,52H2,1-4H3,(H,53,67)(H,56,68)(H,54,55,57,58)/t42-,43+,46+/m1/s1. The highest BCUT2D eigenvalue weighted by Crippen LogP contribution is 2.32. The number of carbonyl (C=O) groups excluding carboxylic acids is 3. The molecule has 1 aliphatic heterocycles. The van der Waals surface area contributed by atoms with Gasteiger partial charge in [-0.2, -0.15) is 4.98 Å². The third-order valence-corrected chi connectivity index (χ3v) is 13.0. The van der Waals surface area contributed by atoms with Gasteiger partial charge in [0.25, 0.3) is 11.5 Å². The molecule has 2 aliphatic rings. The van der Waals surface area contributed by atoms with Crippen LogP contribution in [0.15, 0.2) is 65.8 Å². The number of hydrogen-bond donors (Lipinski definition) is 5. The van der Waals surface area contributed by atoms with Crippen LogP contribution < -0.4 is 32.1 Å². The van der Waals surface area contributed by atoms with Crippen LogP contribution in [0.4, 0.5) is 17.5 Å². The molecule has 2 fully saturated rings. The quantitative estimate of drug-likeness (QED) is 0.0374. The number of anilines is 3. The first-order valence-corrected chi connectivity index (χ1v) is 25.2. The van der Waals surface area contributed by atoms with E-state index in [-0.39, 0.29) is 47.9 Å². The number of amides is 2. The fourth-order valence-corrected chi connectivity index (χ4v) is 9.21. The van der Waals surface area contributed by atoms with Crippen LogP contribution in [0.3, 0.4) is 0 Å². The van der Waals surface area contributed by atoms with E-state index in [4.69, 9.17) is 24.9 Å². The van der Waals surface area contributed by atoms with Crippen LogP contribution in [0.1, 0.15) is 86.1 Å². The van der Waals surface area contributed by atoms with Crippen molar-refractivity contribution in [2.24, 2.45) is 11.7 Å². The number of Topliss-reactive ketones (excluding diaryl/α,β-unsaturated/α-hetero) is 1. The first kappa shape index (κ1) is 53.6. The smallest absolute Gasteiger partial charge is 0.263 e. The van der Waals surface area contributed by atoms with Crippen LogP contribution in [0, 0.1) is 12.8 Å². The summed E-state index contributed by atoms with van der Waals surface area (Å²) in [4.78, 5) is 70.4. The number of carbonyl (C=O) groups is 3. The maximum atomic E-state index is 13.6. The van der Waals surface area contributed by atoms with E-state index in [2.05, 4.69) is 46.0 Å². The summed E-state index contributed by atoms with van der Waals surface area (Å²) in [5, 5.41) is 28.6. The predicted octanol–water partition coefficient (Wildman–Crippen LogP) is 3.10. The minimum absolute atomic E-state index is 0.00232. The molecule has 0 bridgehead atoms. The zero-order chi connectivity index (χ0) is 51.0. The van der Waals surface area contributed by atoms with Gasteiger partial charge in [-0.1, -0.05) is 62.2 Å². The van der Waals surface area contributed by atoms with Crippen LogP contribution in [-0.4, -0.2) is 153 Å². The molecule has 1 aromatic carbocycles. The van der Waals surface area contributed by atoms with Crippen molar-refractivity contribution in [3.8, 4) is 0 Å². The molecule has 6 N–H and O–H groups in total. The number of ether oxygens (including phenoxy) is 3. The number of hydrogen-bond acceptors (Lipinski definition) is 17. The second-order valence-corrected chi connectivity index (χ2v) is 19.0. The number of ketones is 1. The van der Waals surface area contributed by atoms with Crippen molar-refractivity contribution in [1.82, 2.24) is 50.0 Å². The molecule has 21 heteroatoms. The number of aliphatic hydroxyl groups is 1. The minimum Gasteiger partial charge on any atom is -0.382 e. The fraction of sp³-hybridized carbons (Fsp3) is 0.549. The van der Waals surface area contributed by atoms with E-state index < -0.39 is 24.1 Å². The molecule has 0 unspecified atom stereocenters. The van der Waals surface area contributed by atoms with Gasteiger partial charge in [0, 0.05) is 69.1 Å². The van der Waals surface area contributed by atoms with Gasteiger partial charge in [-0.15, -0.1) is 5.10 Å². The molecule has 21 nitrogen and oxygen atoms in total. The maximum absolute atomic E-state index is 13.6. The zero-order valence-electron chi connectivity index (χ0n) is 42.0. The molecule has 3 atom stereocenters. The summed E-state index contributed by atoms with van der Waals surface area (Å²) in [6.07, 6.45) is 8.57. The molecule has 1 aliphatic carbocycles. The summed E-state index contributed by atoms with van der Waals surface area (Å²) < 4.78 is 20.5. The first-order chi connectivity index (χ1) is 34.8. The Bertz CT molecular complexity index is 2600. The number of aromatic nitrogens is 7. The van der Waals surface area contributed by atoms with E-state index >= 15 is 0 Å². The Labute approximate surface area is 420 Å². The number of pyridine rings is 2. The van der Waals surface area contributed by atoms with Crippen LogP contribution in [-0.2, 0) is 43.3 Å². The van der Waals surface area contributed by atoms with Gasteiger partial charge in [-0.3, -0.25) is 28.6 Å². The Hall–Kier alpha value is -6.23. The average Bonchev–Trinajstić information content (AvgIpc) is 4.07. The lowest BCUT2D eigenvalue weighted by Gasteiger charge is -2.35. The number of nitrogens with zero attached hydrogens (tertiary/aromatic N) is 9. The number of rotatable bonds is 27. The van der Waals surface area contributed by atoms with Crippen molar-refractivity contribution in [3.05, 3.63) is 93.8 Å². The third kappa shape index (κ3) is 14.9. The average molecular weight is 994 g/mol. The van der Waals surface area contributed by atoms with Gasteiger partial charge in [-0.25, -0.2) is 14.6 Å². The van der Waals surface area contributed by atoms with Gasteiger partial charge < -0.3 is 45.9 Å². The molecule has 7 rings (SSSR count). The summed E-state index contributed by atoms with van der Waals surface area (Å²) in [6, 6.07) is 11.7. The fourth-order valence-electron chi connectivity index (χ4n) is 9.21. The van der Waals surface area contributed by atoms with Crippen LogP contribution >= 0.6 is 0 Å². The number of fused-ring (bicyclic) bond motifs is 1. The molecule has 5 heterocycles. The molecule has 4 aromatic heterocycles. The summed E-state index contributed by atoms with van der Waals surface area (Å²) in [5.74, 6) is -0.227. The first-order valence-electron chi connectivity index (χ1n) is 25.2. The molecule has 0 radical (unpaired) electrons.